The van der Waals surface area contributed by atoms with E-state index in [1.807, 2.05) is 11.0 Å². The zero-order chi connectivity index (χ0) is 19.4. The van der Waals surface area contributed by atoms with Crippen molar-refractivity contribution >= 4 is 28.3 Å². The first-order valence-electron chi connectivity index (χ1n) is 9.05. The van der Waals surface area contributed by atoms with Crippen LogP contribution in [0.2, 0.25) is 0 Å². The third-order valence-electron chi connectivity index (χ3n) is 5.07. The zero-order valence-electron chi connectivity index (χ0n) is 15.8. The Morgan fingerprint density at radius 2 is 2.00 bits per heavy atom. The van der Waals surface area contributed by atoms with Gasteiger partial charge in [-0.25, -0.2) is 8.42 Å². The van der Waals surface area contributed by atoms with Crippen molar-refractivity contribution in [2.75, 3.05) is 46.4 Å². The molecule has 2 fully saturated rings. The van der Waals surface area contributed by atoms with E-state index in [0.717, 1.165) is 13.1 Å². The van der Waals surface area contributed by atoms with Gasteiger partial charge in [0.05, 0.1) is 24.7 Å². The van der Waals surface area contributed by atoms with E-state index in [9.17, 15) is 13.2 Å². The van der Waals surface area contributed by atoms with Crippen molar-refractivity contribution < 1.29 is 17.9 Å². The molecule has 0 saturated carbocycles. The van der Waals surface area contributed by atoms with Gasteiger partial charge in [0.15, 0.2) is 0 Å². The maximum atomic E-state index is 13.1. The van der Waals surface area contributed by atoms with Crippen LogP contribution in [0.5, 0.6) is 5.75 Å². The largest absolute Gasteiger partial charge is 0.495 e. The number of nitrogens with one attached hydrogen (secondary N) is 1. The number of nitriles is 1. The number of nitrogens with zero attached hydrogens (tertiary/aromatic N) is 3. The van der Waals surface area contributed by atoms with Crippen LogP contribution < -0.4 is 10.1 Å². The zero-order valence-corrected chi connectivity index (χ0v) is 17.4. The minimum atomic E-state index is -3.81. The first kappa shape index (κ1) is 22.4. The molecular formula is C18H25ClN4O4S. The van der Waals surface area contributed by atoms with Crippen LogP contribution in [0.4, 0.5) is 0 Å². The Kier molecular flexibility index (Phi) is 7.66. The second-order valence-electron chi connectivity index (χ2n) is 6.75. The number of sulfonamides is 1. The SMILES string of the molecule is COc1cc(C#N)ccc1S(=O)(=O)N1CCCC(C(=O)N2CCNCC2)C1.Cl. The molecule has 0 aromatic heterocycles. The van der Waals surface area contributed by atoms with E-state index in [1.54, 1.807) is 0 Å². The number of hydrogen-bond acceptors (Lipinski definition) is 6. The summed E-state index contributed by atoms with van der Waals surface area (Å²) in [7, 11) is -2.43. The monoisotopic (exact) mass is 428 g/mol. The number of carbonyl (C=O) groups is 1. The lowest BCUT2D eigenvalue weighted by atomic mass is 9.98. The van der Waals surface area contributed by atoms with Gasteiger partial charge in [0.2, 0.25) is 15.9 Å². The predicted octanol–water partition coefficient (Wildman–Crippen LogP) is 0.821. The number of piperidine rings is 1. The van der Waals surface area contributed by atoms with Gasteiger partial charge in [-0.1, -0.05) is 0 Å². The average Bonchev–Trinajstić information content (AvgIpc) is 2.73. The van der Waals surface area contributed by atoms with Crippen molar-refractivity contribution in [2.24, 2.45) is 5.92 Å². The highest BCUT2D eigenvalue weighted by Gasteiger charge is 2.36. The molecule has 2 heterocycles. The summed E-state index contributed by atoms with van der Waals surface area (Å²) in [6.07, 6.45) is 1.33. The summed E-state index contributed by atoms with van der Waals surface area (Å²) in [5.41, 5.74) is 0.330. The van der Waals surface area contributed by atoms with Crippen LogP contribution in [0, 0.1) is 17.2 Å². The lowest BCUT2D eigenvalue weighted by Gasteiger charge is -2.36. The van der Waals surface area contributed by atoms with E-state index in [-0.39, 0.29) is 41.4 Å². The van der Waals surface area contributed by atoms with E-state index in [4.69, 9.17) is 10.00 Å². The molecule has 1 amide bonds. The van der Waals surface area contributed by atoms with Crippen molar-refractivity contribution in [1.82, 2.24) is 14.5 Å². The Bertz CT molecular complexity index is 850. The lowest BCUT2D eigenvalue weighted by molar-refractivity contribution is -0.137. The summed E-state index contributed by atoms with van der Waals surface area (Å²) in [6.45, 7) is 3.40. The highest BCUT2D eigenvalue weighted by Crippen LogP contribution is 2.31. The van der Waals surface area contributed by atoms with E-state index >= 15 is 0 Å². The molecule has 154 valence electrons. The highest BCUT2D eigenvalue weighted by atomic mass is 35.5. The standard InChI is InChI=1S/C18H24N4O4S.ClH/c1-26-16-11-14(12-19)4-5-17(16)27(24,25)22-8-2-3-15(13-22)18(23)21-9-6-20-7-10-21;/h4-5,11,15,20H,2-3,6-10,13H2,1H3;1H. The Labute approximate surface area is 171 Å². The predicted molar refractivity (Wildman–Crippen MR) is 106 cm³/mol. The van der Waals surface area contributed by atoms with Crippen LogP contribution in [0.1, 0.15) is 18.4 Å². The molecule has 1 N–H and O–H groups in total. The third kappa shape index (κ3) is 4.58. The quantitative estimate of drug-likeness (QED) is 0.761. The molecular weight excluding hydrogens is 404 g/mol. The molecule has 8 nitrogen and oxygen atoms in total. The van der Waals surface area contributed by atoms with Gasteiger partial charge in [-0.3, -0.25) is 4.79 Å². The number of halogens is 1. The van der Waals surface area contributed by atoms with Crippen molar-refractivity contribution in [2.45, 2.75) is 17.7 Å². The number of rotatable bonds is 4. The average molecular weight is 429 g/mol. The molecule has 1 aromatic rings. The topological polar surface area (TPSA) is 103 Å². The summed E-state index contributed by atoms with van der Waals surface area (Å²) in [6, 6.07) is 6.25. The molecule has 1 atom stereocenters. The van der Waals surface area contributed by atoms with Gasteiger partial charge in [-0.05, 0) is 31.0 Å². The van der Waals surface area contributed by atoms with Crippen molar-refractivity contribution in [1.29, 1.82) is 5.26 Å². The van der Waals surface area contributed by atoms with E-state index in [1.165, 1.54) is 29.6 Å². The minimum Gasteiger partial charge on any atom is -0.495 e. The fourth-order valence-electron chi connectivity index (χ4n) is 3.60. The summed E-state index contributed by atoms with van der Waals surface area (Å²) in [5.74, 6) is -0.149. The van der Waals surface area contributed by atoms with Crippen LogP contribution >= 0.6 is 12.4 Å². The Hall–Kier alpha value is -1.86. The van der Waals surface area contributed by atoms with Crippen molar-refractivity contribution in [3.8, 4) is 11.8 Å². The summed E-state index contributed by atoms with van der Waals surface area (Å²) in [5, 5.41) is 12.2. The molecule has 2 aliphatic heterocycles. The van der Waals surface area contributed by atoms with Gasteiger partial charge < -0.3 is 15.0 Å². The van der Waals surface area contributed by atoms with E-state index in [2.05, 4.69) is 5.32 Å². The van der Waals surface area contributed by atoms with E-state index < -0.39 is 10.0 Å². The molecule has 28 heavy (non-hydrogen) atoms. The molecule has 0 bridgehead atoms. The molecule has 0 radical (unpaired) electrons. The number of ether oxygens (including phenoxy) is 1. The van der Waals surface area contributed by atoms with Crippen LogP contribution in [0.3, 0.4) is 0 Å². The van der Waals surface area contributed by atoms with Crippen LogP contribution in [-0.2, 0) is 14.8 Å². The molecule has 1 unspecified atom stereocenters. The number of hydrogen-bond donors (Lipinski definition) is 1. The first-order valence-corrected chi connectivity index (χ1v) is 10.5. The van der Waals surface area contributed by atoms with Crippen LogP contribution in [-0.4, -0.2) is 69.9 Å². The Balaban J connectivity index is 0.00000280. The molecule has 2 aliphatic rings. The van der Waals surface area contributed by atoms with Gasteiger partial charge >= 0.3 is 0 Å². The lowest BCUT2D eigenvalue weighted by Crippen LogP contribution is -2.51. The second kappa shape index (κ2) is 9.56. The van der Waals surface area contributed by atoms with Gasteiger partial charge in [0.25, 0.3) is 0 Å². The van der Waals surface area contributed by atoms with Gasteiger partial charge in [0.1, 0.15) is 10.6 Å². The molecule has 3 rings (SSSR count). The number of piperazine rings is 1. The van der Waals surface area contributed by atoms with Gasteiger partial charge in [-0.2, -0.15) is 9.57 Å². The third-order valence-corrected chi connectivity index (χ3v) is 6.98. The summed E-state index contributed by atoms with van der Waals surface area (Å²) < 4.78 is 32.8. The molecule has 0 spiro atoms. The highest BCUT2D eigenvalue weighted by molar-refractivity contribution is 7.89. The number of methoxy groups -OCH3 is 1. The van der Waals surface area contributed by atoms with Crippen LogP contribution in [0.15, 0.2) is 23.1 Å². The normalized spacial score (nSPS) is 20.7. The fraction of sp³-hybridized carbons (Fsp3) is 0.556. The number of amides is 1. The maximum Gasteiger partial charge on any atom is 0.246 e. The van der Waals surface area contributed by atoms with Gasteiger partial charge in [0, 0.05) is 39.3 Å². The minimum absolute atomic E-state index is 0. The molecule has 1 aromatic carbocycles. The molecule has 2 saturated heterocycles. The van der Waals surface area contributed by atoms with Crippen LogP contribution in [0.25, 0.3) is 0 Å². The maximum absolute atomic E-state index is 13.1. The molecule has 10 heteroatoms. The first-order chi connectivity index (χ1) is 13.0. The summed E-state index contributed by atoms with van der Waals surface area (Å²) >= 11 is 0. The number of benzene rings is 1. The smallest absolute Gasteiger partial charge is 0.246 e. The molecule has 0 aliphatic carbocycles. The van der Waals surface area contributed by atoms with Crippen molar-refractivity contribution in [3.05, 3.63) is 23.8 Å². The number of carbonyl (C=O) groups excluding carboxylic acids is 1. The Morgan fingerprint density at radius 1 is 1.29 bits per heavy atom. The van der Waals surface area contributed by atoms with E-state index in [0.29, 0.717) is 38.0 Å². The fourth-order valence-corrected chi connectivity index (χ4v) is 5.26. The van der Waals surface area contributed by atoms with Gasteiger partial charge in [-0.15, -0.1) is 12.4 Å². The summed E-state index contributed by atoms with van der Waals surface area (Å²) in [4.78, 5) is 14.6. The Morgan fingerprint density at radius 3 is 2.64 bits per heavy atom. The second-order valence-corrected chi connectivity index (χ2v) is 8.66. The van der Waals surface area contributed by atoms with Crippen molar-refractivity contribution in [3.63, 3.8) is 0 Å².